The Labute approximate surface area is 189 Å². The van der Waals surface area contributed by atoms with E-state index >= 15 is 0 Å². The average molecular weight is 476 g/mol. The molecule has 0 unspecified atom stereocenters. The van der Waals surface area contributed by atoms with Crippen LogP contribution in [0.5, 0.6) is 0 Å². The first-order chi connectivity index (χ1) is 15.3. The van der Waals surface area contributed by atoms with Gasteiger partial charge >= 0.3 is 6.18 Å². The van der Waals surface area contributed by atoms with Crippen molar-refractivity contribution in [2.75, 3.05) is 11.1 Å². The number of benzene rings is 2. The van der Waals surface area contributed by atoms with E-state index < -0.39 is 11.7 Å². The van der Waals surface area contributed by atoms with Crippen LogP contribution in [0, 0.1) is 6.92 Å². The molecule has 4 rings (SSSR count). The van der Waals surface area contributed by atoms with Gasteiger partial charge in [0.2, 0.25) is 11.0 Å². The van der Waals surface area contributed by atoms with Gasteiger partial charge in [0.05, 0.1) is 23.2 Å². The van der Waals surface area contributed by atoms with E-state index in [0.717, 1.165) is 34.5 Å². The quantitative estimate of drug-likeness (QED) is 0.376. The van der Waals surface area contributed by atoms with Crippen LogP contribution in [-0.4, -0.2) is 31.4 Å². The maximum absolute atomic E-state index is 13.3. The molecule has 0 fully saturated rings. The van der Waals surface area contributed by atoms with Gasteiger partial charge in [0, 0.05) is 11.3 Å². The van der Waals surface area contributed by atoms with Crippen LogP contribution in [-0.2, 0) is 11.0 Å². The molecule has 2 aromatic carbocycles. The highest BCUT2D eigenvalue weighted by molar-refractivity contribution is 7.99. The van der Waals surface area contributed by atoms with Crippen LogP contribution in [0.25, 0.3) is 16.9 Å². The zero-order valence-electron chi connectivity index (χ0n) is 16.6. The highest BCUT2D eigenvalue weighted by Gasteiger charge is 2.31. The first-order valence-corrected chi connectivity index (χ1v) is 11.1. The molecule has 1 N–H and O–H groups in total. The standard InChI is InChI=1S/C21H16F3N5OS2/c1-13-27-28-19(32-13)26-18(30)12-31-20-25-11-17(14-6-3-2-4-7-14)29(20)16-9-5-8-15(10-16)21(22,23)24/h2-11H,12H2,1H3,(H,26,28,30). The zero-order chi connectivity index (χ0) is 22.7. The van der Waals surface area contributed by atoms with E-state index in [1.165, 1.54) is 17.4 Å². The Bertz CT molecular complexity index is 1240. The molecule has 0 spiro atoms. The lowest BCUT2D eigenvalue weighted by atomic mass is 10.1. The molecular formula is C21H16F3N5OS2. The fraction of sp³-hybridized carbons (Fsp3) is 0.143. The predicted molar refractivity (Wildman–Crippen MR) is 118 cm³/mol. The normalized spacial score (nSPS) is 11.5. The van der Waals surface area contributed by atoms with Gasteiger partial charge in [0.1, 0.15) is 5.01 Å². The number of aryl methyl sites for hydroxylation is 1. The summed E-state index contributed by atoms with van der Waals surface area (Å²) in [6, 6.07) is 14.2. The van der Waals surface area contributed by atoms with Gasteiger partial charge in [-0.15, -0.1) is 10.2 Å². The minimum Gasteiger partial charge on any atom is -0.300 e. The van der Waals surface area contributed by atoms with Crippen molar-refractivity contribution in [3.8, 4) is 16.9 Å². The third-order valence-corrected chi connectivity index (χ3v) is 6.04. The number of amides is 1. The van der Waals surface area contributed by atoms with E-state index in [9.17, 15) is 18.0 Å². The zero-order valence-corrected chi connectivity index (χ0v) is 18.3. The number of rotatable bonds is 6. The Morgan fingerprint density at radius 3 is 2.59 bits per heavy atom. The molecule has 1 amide bonds. The van der Waals surface area contributed by atoms with E-state index in [4.69, 9.17) is 0 Å². The lowest BCUT2D eigenvalue weighted by Crippen LogP contribution is -2.14. The Morgan fingerprint density at radius 1 is 1.12 bits per heavy atom. The molecule has 32 heavy (non-hydrogen) atoms. The fourth-order valence-electron chi connectivity index (χ4n) is 2.95. The number of nitrogens with one attached hydrogen (secondary N) is 1. The van der Waals surface area contributed by atoms with Gasteiger partial charge in [-0.25, -0.2) is 4.98 Å². The van der Waals surface area contributed by atoms with Crippen LogP contribution in [0.4, 0.5) is 18.3 Å². The number of carbonyl (C=O) groups excluding carboxylic acids is 1. The molecule has 2 heterocycles. The first kappa shape index (κ1) is 22.0. The van der Waals surface area contributed by atoms with Crippen LogP contribution in [0.3, 0.4) is 0 Å². The summed E-state index contributed by atoms with van der Waals surface area (Å²) < 4.78 is 41.5. The molecule has 0 aliphatic rings. The maximum Gasteiger partial charge on any atom is 0.416 e. The summed E-state index contributed by atoms with van der Waals surface area (Å²) in [4.78, 5) is 16.7. The topological polar surface area (TPSA) is 72.7 Å². The molecule has 0 saturated heterocycles. The van der Waals surface area contributed by atoms with Gasteiger partial charge in [0.15, 0.2) is 5.16 Å². The lowest BCUT2D eigenvalue weighted by molar-refractivity contribution is -0.137. The summed E-state index contributed by atoms with van der Waals surface area (Å²) >= 11 is 2.37. The molecular weight excluding hydrogens is 459 g/mol. The van der Waals surface area contributed by atoms with E-state index in [2.05, 4.69) is 20.5 Å². The third kappa shape index (κ3) is 5.00. The Kier molecular flexibility index (Phi) is 6.28. The largest absolute Gasteiger partial charge is 0.416 e. The molecule has 0 aliphatic heterocycles. The highest BCUT2D eigenvalue weighted by atomic mass is 32.2. The second kappa shape index (κ2) is 9.13. The van der Waals surface area contributed by atoms with Gasteiger partial charge in [-0.1, -0.05) is 59.5 Å². The predicted octanol–water partition coefficient (Wildman–Crippen LogP) is 5.45. The summed E-state index contributed by atoms with van der Waals surface area (Å²) in [6.07, 6.45) is -2.89. The van der Waals surface area contributed by atoms with E-state index in [1.807, 2.05) is 30.3 Å². The van der Waals surface area contributed by atoms with E-state index in [1.54, 1.807) is 23.8 Å². The number of anilines is 1. The minimum atomic E-state index is -4.48. The van der Waals surface area contributed by atoms with Gasteiger partial charge < -0.3 is 0 Å². The molecule has 11 heteroatoms. The van der Waals surface area contributed by atoms with Gasteiger partial charge in [-0.05, 0) is 25.1 Å². The lowest BCUT2D eigenvalue weighted by Gasteiger charge is -2.14. The highest BCUT2D eigenvalue weighted by Crippen LogP contribution is 2.34. The van der Waals surface area contributed by atoms with Crippen molar-refractivity contribution in [3.63, 3.8) is 0 Å². The molecule has 0 aliphatic carbocycles. The molecule has 0 bridgehead atoms. The molecule has 164 valence electrons. The van der Waals surface area contributed by atoms with E-state index in [-0.39, 0.29) is 11.7 Å². The Balaban J connectivity index is 1.66. The molecule has 0 atom stereocenters. The second-order valence-corrected chi connectivity index (χ2v) is 8.76. The number of thioether (sulfide) groups is 1. The van der Waals surface area contributed by atoms with Crippen LogP contribution < -0.4 is 5.32 Å². The SMILES string of the molecule is Cc1nnc(NC(=O)CSc2ncc(-c3ccccc3)n2-c2cccc(C(F)(F)F)c2)s1. The number of nitrogens with zero attached hydrogens (tertiary/aromatic N) is 4. The number of hydrogen-bond donors (Lipinski definition) is 1. The van der Waals surface area contributed by atoms with Crippen LogP contribution in [0.15, 0.2) is 66.0 Å². The van der Waals surface area contributed by atoms with Crippen LogP contribution in [0.1, 0.15) is 10.6 Å². The minimum absolute atomic E-state index is 0.00281. The molecule has 0 saturated carbocycles. The van der Waals surface area contributed by atoms with Crippen molar-refractivity contribution >= 4 is 34.1 Å². The van der Waals surface area contributed by atoms with Crippen LogP contribution in [0.2, 0.25) is 0 Å². The average Bonchev–Trinajstić information content (AvgIpc) is 3.38. The number of aromatic nitrogens is 4. The molecule has 4 aromatic rings. The number of imidazole rings is 1. The third-order valence-electron chi connectivity index (χ3n) is 4.34. The van der Waals surface area contributed by atoms with Crippen molar-refractivity contribution < 1.29 is 18.0 Å². The number of alkyl halides is 3. The molecule has 0 radical (unpaired) electrons. The van der Waals surface area contributed by atoms with Crippen molar-refractivity contribution in [1.29, 1.82) is 0 Å². The van der Waals surface area contributed by atoms with Gasteiger partial charge in [-0.2, -0.15) is 13.2 Å². The second-order valence-electron chi connectivity index (χ2n) is 6.64. The maximum atomic E-state index is 13.3. The van der Waals surface area contributed by atoms with Crippen molar-refractivity contribution in [2.24, 2.45) is 0 Å². The summed E-state index contributed by atoms with van der Waals surface area (Å²) in [7, 11) is 0. The summed E-state index contributed by atoms with van der Waals surface area (Å²) in [5, 5.41) is 11.9. The number of carbonyl (C=O) groups is 1. The van der Waals surface area contributed by atoms with Crippen molar-refractivity contribution in [3.05, 3.63) is 71.4 Å². The number of hydrogen-bond acceptors (Lipinski definition) is 6. The van der Waals surface area contributed by atoms with Gasteiger partial charge in [-0.3, -0.25) is 14.7 Å². The van der Waals surface area contributed by atoms with E-state index in [0.29, 0.717) is 21.7 Å². The Morgan fingerprint density at radius 2 is 1.91 bits per heavy atom. The summed E-state index contributed by atoms with van der Waals surface area (Å²) in [5.74, 6) is -0.311. The first-order valence-electron chi connectivity index (χ1n) is 9.35. The fourth-order valence-corrected chi connectivity index (χ4v) is 4.35. The molecule has 2 aromatic heterocycles. The summed E-state index contributed by atoms with van der Waals surface area (Å²) in [5.41, 5.74) is 0.951. The molecule has 6 nitrogen and oxygen atoms in total. The van der Waals surface area contributed by atoms with Gasteiger partial charge in [0.25, 0.3) is 0 Å². The smallest absolute Gasteiger partial charge is 0.300 e. The van der Waals surface area contributed by atoms with Crippen molar-refractivity contribution in [1.82, 2.24) is 19.7 Å². The Hall–Kier alpha value is -3.18. The monoisotopic (exact) mass is 475 g/mol. The summed E-state index contributed by atoms with van der Waals surface area (Å²) in [6.45, 7) is 1.78. The van der Waals surface area contributed by atoms with Crippen LogP contribution >= 0.6 is 23.1 Å². The number of halogens is 3. The van der Waals surface area contributed by atoms with Crippen molar-refractivity contribution in [2.45, 2.75) is 18.3 Å².